The van der Waals surface area contributed by atoms with Gasteiger partial charge in [0.15, 0.2) is 0 Å². The third-order valence-corrected chi connectivity index (χ3v) is 2.35. The molecule has 0 atom stereocenters. The molecule has 1 aromatic carbocycles. The van der Waals surface area contributed by atoms with Gasteiger partial charge >= 0.3 is 0 Å². The fraction of sp³-hybridized carbons (Fsp3) is 0.400. The number of hydrogen-bond acceptors (Lipinski definition) is 1. The summed E-state index contributed by atoms with van der Waals surface area (Å²) < 4.78 is 13.4. The van der Waals surface area contributed by atoms with Crippen molar-refractivity contribution in [2.24, 2.45) is 0 Å². The third kappa shape index (κ3) is 2.42. The zero-order chi connectivity index (χ0) is 9.84. The number of halogens is 2. The van der Waals surface area contributed by atoms with Gasteiger partial charge in [-0.2, -0.15) is 0 Å². The Hall–Kier alpha value is -0.600. The van der Waals surface area contributed by atoms with Gasteiger partial charge in [-0.15, -0.1) is 0 Å². The van der Waals surface area contributed by atoms with Crippen LogP contribution in [0.4, 0.5) is 4.39 Å². The fourth-order valence-corrected chi connectivity index (χ4v) is 1.42. The molecular weight excluding hydrogens is 189 g/mol. The number of likely N-dealkylation sites (N-methyl/N-ethyl adjacent to an activating group) is 1. The van der Waals surface area contributed by atoms with Gasteiger partial charge in [0.2, 0.25) is 0 Å². The lowest BCUT2D eigenvalue weighted by atomic mass is 10.1. The molecule has 1 rings (SSSR count). The van der Waals surface area contributed by atoms with Gasteiger partial charge in [0.1, 0.15) is 5.82 Å². The highest BCUT2D eigenvalue weighted by Gasteiger charge is 2.08. The predicted octanol–water partition coefficient (Wildman–Crippen LogP) is 2.55. The van der Waals surface area contributed by atoms with E-state index in [1.165, 1.54) is 0 Å². The van der Waals surface area contributed by atoms with E-state index in [2.05, 4.69) is 5.32 Å². The quantitative estimate of drug-likeness (QED) is 0.793. The SMILES string of the molecule is CNCCc1c(C)ccc(Cl)c1F. The Morgan fingerprint density at radius 3 is 2.77 bits per heavy atom. The van der Waals surface area contributed by atoms with Gasteiger partial charge in [-0.05, 0) is 44.1 Å². The summed E-state index contributed by atoms with van der Waals surface area (Å²) >= 11 is 5.67. The Morgan fingerprint density at radius 1 is 1.46 bits per heavy atom. The summed E-state index contributed by atoms with van der Waals surface area (Å²) in [5.41, 5.74) is 1.67. The molecule has 0 radical (unpaired) electrons. The Balaban J connectivity index is 2.96. The molecule has 0 aliphatic carbocycles. The maximum atomic E-state index is 13.4. The number of hydrogen-bond donors (Lipinski definition) is 1. The molecule has 0 saturated carbocycles. The smallest absolute Gasteiger partial charge is 0.145 e. The van der Waals surface area contributed by atoms with E-state index < -0.39 is 0 Å². The molecule has 72 valence electrons. The van der Waals surface area contributed by atoms with E-state index in [0.29, 0.717) is 12.0 Å². The van der Waals surface area contributed by atoms with Crippen LogP contribution >= 0.6 is 11.6 Å². The summed E-state index contributed by atoms with van der Waals surface area (Å²) in [4.78, 5) is 0. The molecule has 0 bridgehead atoms. The average molecular weight is 202 g/mol. The van der Waals surface area contributed by atoms with Gasteiger partial charge in [-0.25, -0.2) is 4.39 Å². The molecule has 0 unspecified atom stereocenters. The van der Waals surface area contributed by atoms with Crippen LogP contribution in [-0.4, -0.2) is 13.6 Å². The minimum absolute atomic E-state index is 0.205. The molecule has 0 amide bonds. The van der Waals surface area contributed by atoms with Crippen LogP contribution in [0.2, 0.25) is 5.02 Å². The second kappa shape index (κ2) is 4.58. The van der Waals surface area contributed by atoms with Gasteiger partial charge in [0.25, 0.3) is 0 Å². The van der Waals surface area contributed by atoms with Crippen molar-refractivity contribution in [3.05, 3.63) is 34.1 Å². The summed E-state index contributed by atoms with van der Waals surface area (Å²) in [5.74, 6) is -0.281. The zero-order valence-corrected chi connectivity index (χ0v) is 8.58. The first-order chi connectivity index (χ1) is 6.16. The third-order valence-electron chi connectivity index (χ3n) is 2.06. The summed E-state index contributed by atoms with van der Waals surface area (Å²) in [5, 5.41) is 3.19. The lowest BCUT2D eigenvalue weighted by Crippen LogP contribution is -2.12. The Labute approximate surface area is 82.9 Å². The molecule has 1 N–H and O–H groups in total. The number of benzene rings is 1. The lowest BCUT2D eigenvalue weighted by Gasteiger charge is -2.07. The molecule has 3 heteroatoms. The van der Waals surface area contributed by atoms with E-state index in [0.717, 1.165) is 12.1 Å². The molecule has 0 fully saturated rings. The maximum Gasteiger partial charge on any atom is 0.145 e. The molecule has 0 spiro atoms. The highest BCUT2D eigenvalue weighted by molar-refractivity contribution is 6.30. The minimum atomic E-state index is -0.281. The second-order valence-corrected chi connectivity index (χ2v) is 3.42. The Bertz CT molecular complexity index is 299. The van der Waals surface area contributed by atoms with Gasteiger partial charge in [0.05, 0.1) is 5.02 Å². The highest BCUT2D eigenvalue weighted by atomic mass is 35.5. The Kier molecular flexibility index (Phi) is 3.70. The van der Waals surface area contributed by atoms with E-state index in [4.69, 9.17) is 11.6 Å². The summed E-state index contributed by atoms with van der Waals surface area (Å²) in [6.45, 7) is 2.66. The van der Waals surface area contributed by atoms with Crippen LogP contribution in [0, 0.1) is 12.7 Å². The van der Waals surface area contributed by atoms with Gasteiger partial charge in [-0.1, -0.05) is 17.7 Å². The number of aryl methyl sites for hydroxylation is 1. The molecular formula is C10H13ClFN. The van der Waals surface area contributed by atoms with Gasteiger partial charge < -0.3 is 5.32 Å². The topological polar surface area (TPSA) is 12.0 Å². The molecule has 0 aliphatic heterocycles. The average Bonchev–Trinajstić information content (AvgIpc) is 2.12. The first-order valence-corrected chi connectivity index (χ1v) is 4.62. The maximum absolute atomic E-state index is 13.4. The lowest BCUT2D eigenvalue weighted by molar-refractivity contribution is 0.603. The normalized spacial score (nSPS) is 10.5. The molecule has 1 aromatic rings. The van der Waals surface area contributed by atoms with Crippen LogP contribution in [0.15, 0.2) is 12.1 Å². The molecule has 0 aromatic heterocycles. The van der Waals surface area contributed by atoms with Gasteiger partial charge in [-0.3, -0.25) is 0 Å². The minimum Gasteiger partial charge on any atom is -0.319 e. The van der Waals surface area contributed by atoms with Crippen LogP contribution in [0.5, 0.6) is 0 Å². The zero-order valence-electron chi connectivity index (χ0n) is 7.82. The van der Waals surface area contributed by atoms with E-state index in [-0.39, 0.29) is 10.8 Å². The van der Waals surface area contributed by atoms with Crippen molar-refractivity contribution in [2.75, 3.05) is 13.6 Å². The van der Waals surface area contributed by atoms with Crippen LogP contribution in [0.25, 0.3) is 0 Å². The van der Waals surface area contributed by atoms with E-state index in [1.54, 1.807) is 6.07 Å². The Morgan fingerprint density at radius 2 is 2.15 bits per heavy atom. The first-order valence-electron chi connectivity index (χ1n) is 4.25. The fourth-order valence-electron chi connectivity index (χ4n) is 1.25. The first kappa shape index (κ1) is 10.5. The van der Waals surface area contributed by atoms with Crippen LogP contribution in [-0.2, 0) is 6.42 Å². The van der Waals surface area contributed by atoms with E-state index >= 15 is 0 Å². The van der Waals surface area contributed by atoms with Crippen LogP contribution in [0.1, 0.15) is 11.1 Å². The summed E-state index contributed by atoms with van der Waals surface area (Å²) in [6, 6.07) is 3.44. The number of rotatable bonds is 3. The second-order valence-electron chi connectivity index (χ2n) is 3.01. The summed E-state index contributed by atoms with van der Waals surface area (Å²) in [7, 11) is 1.85. The standard InChI is InChI=1S/C10H13ClFN/c1-7-3-4-9(11)10(12)8(7)5-6-13-2/h3-4,13H,5-6H2,1-2H3. The van der Waals surface area contributed by atoms with Crippen molar-refractivity contribution < 1.29 is 4.39 Å². The highest BCUT2D eigenvalue weighted by Crippen LogP contribution is 2.21. The molecule has 0 saturated heterocycles. The van der Waals surface area contributed by atoms with E-state index in [1.807, 2.05) is 20.0 Å². The van der Waals surface area contributed by atoms with Crippen molar-refractivity contribution >= 4 is 11.6 Å². The van der Waals surface area contributed by atoms with Crippen molar-refractivity contribution in [3.63, 3.8) is 0 Å². The van der Waals surface area contributed by atoms with Crippen molar-refractivity contribution in [1.82, 2.24) is 5.32 Å². The molecule has 0 heterocycles. The monoisotopic (exact) mass is 201 g/mol. The van der Waals surface area contributed by atoms with Crippen molar-refractivity contribution in [1.29, 1.82) is 0 Å². The van der Waals surface area contributed by atoms with Crippen molar-refractivity contribution in [3.8, 4) is 0 Å². The molecule has 1 nitrogen and oxygen atoms in total. The van der Waals surface area contributed by atoms with Crippen LogP contribution < -0.4 is 5.32 Å². The number of nitrogens with one attached hydrogen (secondary N) is 1. The molecule has 13 heavy (non-hydrogen) atoms. The van der Waals surface area contributed by atoms with E-state index in [9.17, 15) is 4.39 Å². The van der Waals surface area contributed by atoms with Gasteiger partial charge in [0, 0.05) is 0 Å². The van der Waals surface area contributed by atoms with Crippen molar-refractivity contribution in [2.45, 2.75) is 13.3 Å². The molecule has 0 aliphatic rings. The predicted molar refractivity (Wildman–Crippen MR) is 53.8 cm³/mol. The summed E-state index contributed by atoms with van der Waals surface area (Å²) in [6.07, 6.45) is 0.675. The van der Waals surface area contributed by atoms with Crippen LogP contribution in [0.3, 0.4) is 0 Å². The largest absolute Gasteiger partial charge is 0.319 e.